The number of pyridine rings is 2. The van der Waals surface area contributed by atoms with E-state index in [0.29, 0.717) is 11.1 Å². The van der Waals surface area contributed by atoms with Crippen LogP contribution in [0.5, 0.6) is 0 Å². The van der Waals surface area contributed by atoms with Gasteiger partial charge in [-0.3, -0.25) is 14.8 Å². The molecule has 0 aliphatic carbocycles. The third-order valence-electron chi connectivity index (χ3n) is 4.23. The number of benzene rings is 2. The van der Waals surface area contributed by atoms with Crippen LogP contribution in [0.3, 0.4) is 0 Å². The molecule has 0 spiro atoms. The lowest BCUT2D eigenvalue weighted by Gasteiger charge is -2.11. The average Bonchev–Trinajstić information content (AvgIpc) is 2.74. The van der Waals surface area contributed by atoms with Crippen LogP contribution in [0.25, 0.3) is 22.5 Å². The van der Waals surface area contributed by atoms with Crippen LogP contribution in [0.1, 0.15) is 15.9 Å². The van der Waals surface area contributed by atoms with Crippen LogP contribution in [0.15, 0.2) is 97.3 Å². The Hall–Kier alpha value is -3.59. The fourth-order valence-electron chi connectivity index (χ4n) is 3.00. The van der Waals surface area contributed by atoms with Gasteiger partial charge >= 0.3 is 0 Å². The van der Waals surface area contributed by atoms with Gasteiger partial charge in [0.1, 0.15) is 0 Å². The van der Waals surface area contributed by atoms with Gasteiger partial charge in [0.25, 0.3) is 0 Å². The fourth-order valence-corrected chi connectivity index (χ4v) is 3.00. The minimum absolute atomic E-state index is 0.0347. The van der Waals surface area contributed by atoms with Gasteiger partial charge in [0.05, 0.1) is 11.4 Å². The van der Waals surface area contributed by atoms with E-state index in [9.17, 15) is 4.79 Å². The lowest BCUT2D eigenvalue weighted by molar-refractivity contribution is 0.104. The number of rotatable bonds is 4. The van der Waals surface area contributed by atoms with E-state index in [1.807, 2.05) is 84.9 Å². The second-order valence-electron chi connectivity index (χ2n) is 5.85. The molecular formula is C23H16N2O. The lowest BCUT2D eigenvalue weighted by atomic mass is 9.92. The van der Waals surface area contributed by atoms with Crippen molar-refractivity contribution in [3.8, 4) is 22.5 Å². The van der Waals surface area contributed by atoms with Crippen LogP contribution < -0.4 is 0 Å². The molecule has 0 atom stereocenters. The molecule has 0 saturated heterocycles. The Bertz CT molecular complexity index is 959. The molecule has 0 fully saturated rings. The maximum Gasteiger partial charge on any atom is 0.194 e. The molecule has 26 heavy (non-hydrogen) atoms. The summed E-state index contributed by atoms with van der Waals surface area (Å²) in [7, 11) is 0. The molecule has 4 rings (SSSR count). The van der Waals surface area contributed by atoms with Crippen molar-refractivity contribution >= 4 is 5.78 Å². The van der Waals surface area contributed by atoms with Gasteiger partial charge in [0, 0.05) is 34.6 Å². The molecule has 0 bridgehead atoms. The second-order valence-corrected chi connectivity index (χ2v) is 5.85. The molecular weight excluding hydrogens is 320 g/mol. The number of nitrogens with zero attached hydrogens (tertiary/aromatic N) is 2. The first-order valence-corrected chi connectivity index (χ1v) is 8.40. The predicted molar refractivity (Wildman–Crippen MR) is 103 cm³/mol. The van der Waals surface area contributed by atoms with Crippen LogP contribution in [0.4, 0.5) is 0 Å². The maximum absolute atomic E-state index is 13.4. The minimum Gasteiger partial charge on any atom is -0.289 e. The molecule has 3 nitrogen and oxygen atoms in total. The van der Waals surface area contributed by atoms with Gasteiger partial charge in [-0.15, -0.1) is 0 Å². The molecule has 2 aromatic carbocycles. The van der Waals surface area contributed by atoms with Gasteiger partial charge in [0.2, 0.25) is 0 Å². The summed E-state index contributed by atoms with van der Waals surface area (Å²) in [6.45, 7) is 0. The van der Waals surface area contributed by atoms with E-state index in [1.54, 1.807) is 12.4 Å². The van der Waals surface area contributed by atoms with Crippen LogP contribution in [0.2, 0.25) is 0 Å². The first-order chi connectivity index (χ1) is 12.8. The van der Waals surface area contributed by atoms with Crippen molar-refractivity contribution in [3.63, 3.8) is 0 Å². The summed E-state index contributed by atoms with van der Waals surface area (Å²) >= 11 is 0. The van der Waals surface area contributed by atoms with Crippen molar-refractivity contribution < 1.29 is 4.79 Å². The maximum atomic E-state index is 13.4. The van der Waals surface area contributed by atoms with Crippen molar-refractivity contribution in [2.45, 2.75) is 0 Å². The number of carbonyl (C=O) groups excluding carboxylic acids is 1. The zero-order valence-corrected chi connectivity index (χ0v) is 14.0. The summed E-state index contributed by atoms with van der Waals surface area (Å²) < 4.78 is 0. The zero-order valence-electron chi connectivity index (χ0n) is 14.0. The molecule has 0 amide bonds. The summed E-state index contributed by atoms with van der Waals surface area (Å²) in [6, 6.07) is 26.6. The first-order valence-electron chi connectivity index (χ1n) is 8.40. The van der Waals surface area contributed by atoms with Crippen molar-refractivity contribution in [1.82, 2.24) is 9.97 Å². The van der Waals surface area contributed by atoms with Gasteiger partial charge in [0.15, 0.2) is 5.78 Å². The van der Waals surface area contributed by atoms with Gasteiger partial charge in [-0.1, -0.05) is 60.7 Å². The highest BCUT2D eigenvalue weighted by Gasteiger charge is 2.18. The monoisotopic (exact) mass is 336 g/mol. The van der Waals surface area contributed by atoms with E-state index in [4.69, 9.17) is 0 Å². The van der Waals surface area contributed by atoms with Crippen LogP contribution in [-0.2, 0) is 0 Å². The predicted octanol–water partition coefficient (Wildman–Crippen LogP) is 5.04. The number of carbonyl (C=O) groups is 1. The average molecular weight is 336 g/mol. The van der Waals surface area contributed by atoms with Crippen molar-refractivity contribution in [1.29, 1.82) is 0 Å². The highest BCUT2D eigenvalue weighted by Crippen LogP contribution is 2.28. The van der Waals surface area contributed by atoms with E-state index in [-0.39, 0.29) is 5.78 Å². The highest BCUT2D eigenvalue weighted by atomic mass is 16.1. The molecule has 0 radical (unpaired) electrons. The molecule has 0 saturated carbocycles. The second kappa shape index (κ2) is 7.11. The number of hydrogen-bond acceptors (Lipinski definition) is 3. The van der Waals surface area contributed by atoms with E-state index < -0.39 is 0 Å². The Labute approximate surface area is 152 Å². The van der Waals surface area contributed by atoms with Crippen LogP contribution in [0, 0.1) is 0 Å². The quantitative estimate of drug-likeness (QED) is 0.490. The number of hydrogen-bond donors (Lipinski definition) is 0. The Morgan fingerprint density at radius 1 is 0.538 bits per heavy atom. The zero-order chi connectivity index (χ0) is 17.8. The van der Waals surface area contributed by atoms with Crippen molar-refractivity contribution in [2.24, 2.45) is 0 Å². The van der Waals surface area contributed by atoms with Crippen LogP contribution >= 0.6 is 0 Å². The Morgan fingerprint density at radius 3 is 1.38 bits per heavy atom. The van der Waals surface area contributed by atoms with Gasteiger partial charge < -0.3 is 0 Å². The van der Waals surface area contributed by atoms with Crippen LogP contribution in [-0.4, -0.2) is 15.8 Å². The van der Waals surface area contributed by atoms with Crippen molar-refractivity contribution in [3.05, 3.63) is 108 Å². The van der Waals surface area contributed by atoms with E-state index in [2.05, 4.69) is 9.97 Å². The van der Waals surface area contributed by atoms with Crippen molar-refractivity contribution in [2.75, 3.05) is 0 Å². The van der Waals surface area contributed by atoms with Gasteiger partial charge in [-0.2, -0.15) is 0 Å². The third kappa shape index (κ3) is 3.03. The summed E-state index contributed by atoms with van der Waals surface area (Å²) in [5, 5.41) is 0. The number of ketones is 1. The normalized spacial score (nSPS) is 10.5. The van der Waals surface area contributed by atoms with E-state index in [1.165, 1.54) is 0 Å². The molecule has 0 aliphatic rings. The Morgan fingerprint density at radius 2 is 0.962 bits per heavy atom. The first kappa shape index (κ1) is 15.9. The van der Waals surface area contributed by atoms with Gasteiger partial charge in [-0.25, -0.2) is 0 Å². The standard InChI is InChI=1S/C23H16N2O/c26-23(19-11-3-1-9-17(19)21-13-5-7-15-24-21)20-12-4-2-10-18(20)22-14-6-8-16-25-22/h1-16H. The third-order valence-corrected chi connectivity index (χ3v) is 4.23. The Kier molecular flexibility index (Phi) is 4.35. The molecule has 3 heteroatoms. The smallest absolute Gasteiger partial charge is 0.194 e. The Balaban J connectivity index is 1.84. The van der Waals surface area contributed by atoms with E-state index in [0.717, 1.165) is 22.5 Å². The summed E-state index contributed by atoms with van der Waals surface area (Å²) in [4.78, 5) is 22.2. The minimum atomic E-state index is -0.0347. The SMILES string of the molecule is O=C(c1ccccc1-c1ccccn1)c1ccccc1-c1ccccn1. The molecule has 124 valence electrons. The molecule has 2 aromatic heterocycles. The van der Waals surface area contributed by atoms with E-state index >= 15 is 0 Å². The largest absolute Gasteiger partial charge is 0.289 e. The lowest BCUT2D eigenvalue weighted by Crippen LogP contribution is -2.06. The topological polar surface area (TPSA) is 42.9 Å². The number of aromatic nitrogens is 2. The molecule has 0 aliphatic heterocycles. The fraction of sp³-hybridized carbons (Fsp3) is 0. The summed E-state index contributed by atoms with van der Waals surface area (Å²) in [6.07, 6.45) is 3.47. The molecule has 4 aromatic rings. The highest BCUT2D eigenvalue weighted by molar-refractivity contribution is 6.15. The molecule has 2 heterocycles. The van der Waals surface area contributed by atoms with Gasteiger partial charge in [-0.05, 0) is 24.3 Å². The summed E-state index contributed by atoms with van der Waals surface area (Å²) in [5.74, 6) is -0.0347. The summed E-state index contributed by atoms with van der Waals surface area (Å²) in [5.41, 5.74) is 4.49. The molecule has 0 unspecified atom stereocenters. The molecule has 0 N–H and O–H groups in total.